The van der Waals surface area contributed by atoms with Crippen LogP contribution in [0.4, 0.5) is 5.95 Å². The van der Waals surface area contributed by atoms with Crippen LogP contribution in [0.5, 0.6) is 0 Å². The maximum atomic E-state index is 12.0. The van der Waals surface area contributed by atoms with Gasteiger partial charge in [0.05, 0.1) is 0 Å². The summed E-state index contributed by atoms with van der Waals surface area (Å²) in [6, 6.07) is 0. The SMILES string of the molecule is Cn1c(=O)c2[nH]c(N3CCNCC3)nc2n(C)c1=O. The second kappa shape index (κ2) is 4.23. The van der Waals surface area contributed by atoms with Gasteiger partial charge in [0, 0.05) is 40.3 Å². The number of H-pyrrole nitrogens is 1. The molecule has 8 heteroatoms. The molecule has 0 spiro atoms. The molecule has 1 aliphatic rings. The van der Waals surface area contributed by atoms with E-state index in [9.17, 15) is 9.59 Å². The van der Waals surface area contributed by atoms with Gasteiger partial charge in [0.1, 0.15) is 0 Å². The number of rotatable bonds is 1. The maximum Gasteiger partial charge on any atom is 0.332 e. The van der Waals surface area contributed by atoms with Gasteiger partial charge in [0.2, 0.25) is 5.95 Å². The Morgan fingerprint density at radius 3 is 2.47 bits per heavy atom. The molecule has 1 fully saturated rings. The second-order valence-electron chi connectivity index (χ2n) is 4.70. The van der Waals surface area contributed by atoms with Crippen LogP contribution >= 0.6 is 0 Å². The number of aryl methyl sites for hydroxylation is 1. The zero-order valence-electron chi connectivity index (χ0n) is 10.9. The van der Waals surface area contributed by atoms with Gasteiger partial charge in [-0.05, 0) is 0 Å². The van der Waals surface area contributed by atoms with E-state index >= 15 is 0 Å². The number of fused-ring (bicyclic) bond motifs is 1. The molecule has 0 unspecified atom stereocenters. The van der Waals surface area contributed by atoms with Crippen LogP contribution in [0.15, 0.2) is 9.59 Å². The van der Waals surface area contributed by atoms with Crippen molar-refractivity contribution in [3.05, 3.63) is 20.8 Å². The lowest BCUT2D eigenvalue weighted by Gasteiger charge is -2.26. The van der Waals surface area contributed by atoms with Crippen LogP contribution in [0.2, 0.25) is 0 Å². The fourth-order valence-electron chi connectivity index (χ4n) is 2.34. The van der Waals surface area contributed by atoms with Crippen LogP contribution < -0.4 is 21.5 Å². The van der Waals surface area contributed by atoms with E-state index in [1.165, 1.54) is 11.6 Å². The molecule has 2 N–H and O–H groups in total. The van der Waals surface area contributed by atoms with E-state index in [0.29, 0.717) is 17.1 Å². The Morgan fingerprint density at radius 1 is 1.11 bits per heavy atom. The lowest BCUT2D eigenvalue weighted by molar-refractivity contribution is 0.582. The molecule has 0 radical (unpaired) electrons. The first kappa shape index (κ1) is 12.0. The van der Waals surface area contributed by atoms with Crippen molar-refractivity contribution in [3.63, 3.8) is 0 Å². The van der Waals surface area contributed by atoms with E-state index < -0.39 is 0 Å². The largest absolute Gasteiger partial charge is 0.340 e. The number of anilines is 1. The van der Waals surface area contributed by atoms with Gasteiger partial charge in [-0.2, -0.15) is 4.98 Å². The van der Waals surface area contributed by atoms with Crippen molar-refractivity contribution in [1.82, 2.24) is 24.4 Å². The summed E-state index contributed by atoms with van der Waals surface area (Å²) in [6.45, 7) is 3.42. The Labute approximate surface area is 108 Å². The lowest BCUT2D eigenvalue weighted by Crippen LogP contribution is -2.44. The molecular formula is C11H16N6O2. The topological polar surface area (TPSA) is 87.9 Å². The number of imidazole rings is 1. The van der Waals surface area contributed by atoms with Crippen molar-refractivity contribution in [1.29, 1.82) is 0 Å². The molecule has 0 bridgehead atoms. The summed E-state index contributed by atoms with van der Waals surface area (Å²) < 4.78 is 2.47. The fourth-order valence-corrected chi connectivity index (χ4v) is 2.34. The predicted molar refractivity (Wildman–Crippen MR) is 71.7 cm³/mol. The van der Waals surface area contributed by atoms with Crippen molar-refractivity contribution in [3.8, 4) is 0 Å². The third kappa shape index (κ3) is 1.75. The molecule has 0 aliphatic carbocycles. The molecule has 102 valence electrons. The molecule has 19 heavy (non-hydrogen) atoms. The Bertz CT molecular complexity index is 734. The number of aromatic amines is 1. The molecule has 0 atom stereocenters. The molecule has 0 amide bonds. The Hall–Kier alpha value is -2.09. The highest BCUT2D eigenvalue weighted by atomic mass is 16.2. The van der Waals surface area contributed by atoms with E-state index in [1.54, 1.807) is 7.05 Å². The molecule has 8 nitrogen and oxygen atoms in total. The van der Waals surface area contributed by atoms with Gasteiger partial charge in [-0.15, -0.1) is 0 Å². The van der Waals surface area contributed by atoms with E-state index in [4.69, 9.17) is 0 Å². The molecule has 2 aromatic rings. The van der Waals surface area contributed by atoms with Crippen molar-refractivity contribution in [2.24, 2.45) is 14.1 Å². The summed E-state index contributed by atoms with van der Waals surface area (Å²) >= 11 is 0. The van der Waals surface area contributed by atoms with Gasteiger partial charge in [0.15, 0.2) is 11.2 Å². The minimum atomic E-state index is -0.365. The van der Waals surface area contributed by atoms with Crippen LogP contribution in [-0.4, -0.2) is 45.3 Å². The van der Waals surface area contributed by atoms with Gasteiger partial charge < -0.3 is 15.2 Å². The minimum absolute atomic E-state index is 0.341. The van der Waals surface area contributed by atoms with Crippen molar-refractivity contribution >= 4 is 17.1 Å². The van der Waals surface area contributed by atoms with Crippen LogP contribution in [0.25, 0.3) is 11.2 Å². The monoisotopic (exact) mass is 264 g/mol. The number of hydrogen-bond donors (Lipinski definition) is 2. The lowest BCUT2D eigenvalue weighted by atomic mass is 10.4. The fraction of sp³-hybridized carbons (Fsp3) is 0.545. The number of hydrogen-bond acceptors (Lipinski definition) is 5. The normalized spacial score (nSPS) is 16.2. The van der Waals surface area contributed by atoms with Gasteiger partial charge in [-0.1, -0.05) is 0 Å². The molecule has 3 heterocycles. The van der Waals surface area contributed by atoms with Crippen molar-refractivity contribution in [2.75, 3.05) is 31.1 Å². The number of piperazine rings is 1. The number of nitrogens with zero attached hydrogens (tertiary/aromatic N) is 4. The van der Waals surface area contributed by atoms with E-state index in [0.717, 1.165) is 30.7 Å². The average Bonchev–Trinajstić information content (AvgIpc) is 2.89. The highest BCUT2D eigenvalue weighted by molar-refractivity contribution is 5.72. The quantitative estimate of drug-likeness (QED) is 0.645. The van der Waals surface area contributed by atoms with Crippen molar-refractivity contribution in [2.45, 2.75) is 0 Å². The molecule has 1 saturated heterocycles. The maximum absolute atomic E-state index is 12.0. The highest BCUT2D eigenvalue weighted by Crippen LogP contribution is 2.13. The zero-order chi connectivity index (χ0) is 13.6. The summed E-state index contributed by atoms with van der Waals surface area (Å²) in [5, 5.41) is 3.25. The zero-order valence-corrected chi connectivity index (χ0v) is 10.9. The average molecular weight is 264 g/mol. The van der Waals surface area contributed by atoms with E-state index in [2.05, 4.69) is 20.2 Å². The van der Waals surface area contributed by atoms with Crippen LogP contribution in [-0.2, 0) is 14.1 Å². The van der Waals surface area contributed by atoms with Gasteiger partial charge in [0.25, 0.3) is 5.56 Å². The first-order valence-corrected chi connectivity index (χ1v) is 6.21. The smallest absolute Gasteiger partial charge is 0.332 e. The van der Waals surface area contributed by atoms with Gasteiger partial charge >= 0.3 is 5.69 Å². The highest BCUT2D eigenvalue weighted by Gasteiger charge is 2.18. The summed E-state index contributed by atoms with van der Waals surface area (Å²) in [7, 11) is 3.09. The predicted octanol–water partition coefficient (Wildman–Crippen LogP) is -1.63. The molecule has 0 saturated carbocycles. The summed E-state index contributed by atoms with van der Waals surface area (Å²) in [4.78, 5) is 33.4. The summed E-state index contributed by atoms with van der Waals surface area (Å²) in [5.74, 6) is 0.648. The molecular weight excluding hydrogens is 248 g/mol. The Kier molecular flexibility index (Phi) is 2.67. The van der Waals surface area contributed by atoms with E-state index in [-0.39, 0.29) is 11.2 Å². The third-order valence-electron chi connectivity index (χ3n) is 3.50. The van der Waals surface area contributed by atoms with Gasteiger partial charge in [-0.25, -0.2) is 4.79 Å². The van der Waals surface area contributed by atoms with Crippen LogP contribution in [0, 0.1) is 0 Å². The first-order valence-electron chi connectivity index (χ1n) is 6.21. The summed E-state index contributed by atoms with van der Waals surface area (Å²) in [5.41, 5.74) is 0.0719. The second-order valence-corrected chi connectivity index (χ2v) is 4.70. The molecule has 3 rings (SSSR count). The first-order chi connectivity index (χ1) is 9.09. The van der Waals surface area contributed by atoms with Crippen LogP contribution in [0.1, 0.15) is 0 Å². The van der Waals surface area contributed by atoms with Crippen molar-refractivity contribution < 1.29 is 0 Å². The molecule has 1 aliphatic heterocycles. The summed E-state index contributed by atoms with van der Waals surface area (Å²) in [6.07, 6.45) is 0. The van der Waals surface area contributed by atoms with Crippen LogP contribution in [0.3, 0.4) is 0 Å². The van der Waals surface area contributed by atoms with Gasteiger partial charge in [-0.3, -0.25) is 13.9 Å². The number of nitrogens with one attached hydrogen (secondary N) is 2. The molecule has 2 aromatic heterocycles. The van der Waals surface area contributed by atoms with E-state index in [1.807, 2.05) is 0 Å². The third-order valence-corrected chi connectivity index (χ3v) is 3.50. The molecule has 0 aromatic carbocycles. The Balaban J connectivity index is 2.20. The Morgan fingerprint density at radius 2 is 1.79 bits per heavy atom. The minimum Gasteiger partial charge on any atom is -0.340 e. The number of aromatic nitrogens is 4. The standard InChI is InChI=1S/C11H16N6O2/c1-15-8-7(9(18)16(2)11(15)19)13-10(14-8)17-5-3-12-4-6-17/h12H,3-6H2,1-2H3,(H,13,14).